The molecule has 5 heteroatoms. The molecule has 2 rings (SSSR count). The zero-order valence-electron chi connectivity index (χ0n) is 8.77. The van der Waals surface area contributed by atoms with Gasteiger partial charge in [-0.1, -0.05) is 0 Å². The zero-order valence-corrected chi connectivity index (χ0v) is 9.59. The fraction of sp³-hybridized carbons (Fsp3) is 0.182. The van der Waals surface area contributed by atoms with Crippen LogP contribution in [0.15, 0.2) is 29.8 Å². The van der Waals surface area contributed by atoms with E-state index in [9.17, 15) is 4.39 Å². The molecule has 0 aliphatic carbocycles. The molecule has 0 fully saturated rings. The summed E-state index contributed by atoms with van der Waals surface area (Å²) in [5.74, 6) is 5.16. The topological polar surface area (TPSA) is 50.9 Å². The first-order chi connectivity index (χ1) is 7.70. The first kappa shape index (κ1) is 11.2. The number of halogens is 1. The minimum atomic E-state index is -0.346. The number of hydrogen-bond acceptors (Lipinski definition) is 4. The second-order valence-corrected chi connectivity index (χ2v) is 4.61. The van der Waals surface area contributed by atoms with Crippen LogP contribution in [0.3, 0.4) is 0 Å². The van der Waals surface area contributed by atoms with E-state index >= 15 is 0 Å². The molecular weight excluding hydrogens is 225 g/mol. The van der Waals surface area contributed by atoms with Crippen LogP contribution < -0.4 is 11.3 Å². The Hall–Kier alpha value is -1.30. The minimum Gasteiger partial charge on any atom is -0.271 e. The van der Waals surface area contributed by atoms with Gasteiger partial charge in [-0.3, -0.25) is 10.8 Å². The molecule has 3 N–H and O–H groups in total. The summed E-state index contributed by atoms with van der Waals surface area (Å²) in [6.45, 7) is 2.03. The average Bonchev–Trinajstić information content (AvgIpc) is 2.69. The molecule has 0 amide bonds. The molecule has 1 atom stereocenters. The van der Waals surface area contributed by atoms with Crippen molar-refractivity contribution in [1.82, 2.24) is 10.4 Å². The van der Waals surface area contributed by atoms with Crippen LogP contribution in [0, 0.1) is 12.7 Å². The Morgan fingerprint density at radius 2 is 2.31 bits per heavy atom. The summed E-state index contributed by atoms with van der Waals surface area (Å²) in [6.07, 6.45) is 1.19. The molecule has 0 aliphatic heterocycles. The van der Waals surface area contributed by atoms with Crippen LogP contribution in [0.1, 0.15) is 22.2 Å². The minimum absolute atomic E-state index is 0.189. The predicted octanol–water partition coefficient (Wildman–Crippen LogP) is 2.14. The monoisotopic (exact) mass is 237 g/mol. The molecule has 0 saturated heterocycles. The smallest absolute Gasteiger partial charge is 0.141 e. The summed E-state index contributed by atoms with van der Waals surface area (Å²) in [5.41, 5.74) is 4.44. The van der Waals surface area contributed by atoms with Gasteiger partial charge in [-0.15, -0.1) is 11.3 Å². The molecule has 3 nitrogen and oxygen atoms in total. The number of pyridine rings is 1. The van der Waals surface area contributed by atoms with E-state index in [0.717, 1.165) is 5.56 Å². The van der Waals surface area contributed by atoms with Crippen LogP contribution in [0.2, 0.25) is 0 Å². The van der Waals surface area contributed by atoms with E-state index in [1.165, 1.54) is 17.1 Å². The maximum absolute atomic E-state index is 12.7. The molecule has 0 bridgehead atoms. The number of nitrogens with two attached hydrogens (primary N) is 1. The third kappa shape index (κ3) is 2.27. The van der Waals surface area contributed by atoms with Gasteiger partial charge >= 0.3 is 0 Å². The molecule has 0 saturated carbocycles. The Labute approximate surface area is 97.1 Å². The highest BCUT2D eigenvalue weighted by Crippen LogP contribution is 2.24. The van der Waals surface area contributed by atoms with E-state index in [-0.39, 0.29) is 11.9 Å². The lowest BCUT2D eigenvalue weighted by Gasteiger charge is -2.13. The maximum atomic E-state index is 12.7. The molecular formula is C11H12FN3S. The number of aryl methyl sites for hydroxylation is 1. The molecule has 2 aromatic heterocycles. The van der Waals surface area contributed by atoms with Gasteiger partial charge in [-0.25, -0.2) is 9.82 Å². The lowest BCUT2D eigenvalue weighted by molar-refractivity contribution is 0.597. The summed E-state index contributed by atoms with van der Waals surface area (Å²) in [6, 6.07) is 4.87. The molecule has 2 aromatic rings. The molecule has 0 spiro atoms. The Kier molecular flexibility index (Phi) is 3.28. The van der Waals surface area contributed by atoms with Crippen LogP contribution >= 0.6 is 11.3 Å². The van der Waals surface area contributed by atoms with Crippen LogP contribution in [-0.2, 0) is 0 Å². The van der Waals surface area contributed by atoms with Gasteiger partial charge < -0.3 is 0 Å². The van der Waals surface area contributed by atoms with Crippen molar-refractivity contribution in [3.8, 4) is 0 Å². The quantitative estimate of drug-likeness (QED) is 0.635. The number of rotatable bonds is 3. The van der Waals surface area contributed by atoms with E-state index in [0.29, 0.717) is 5.69 Å². The van der Waals surface area contributed by atoms with Crippen LogP contribution in [0.5, 0.6) is 0 Å². The van der Waals surface area contributed by atoms with Crippen molar-refractivity contribution < 1.29 is 4.39 Å². The summed E-state index contributed by atoms with van der Waals surface area (Å²) >= 11 is 1.65. The van der Waals surface area contributed by atoms with Gasteiger partial charge in [0.1, 0.15) is 5.82 Å². The maximum Gasteiger partial charge on any atom is 0.141 e. The third-order valence-corrected chi connectivity index (χ3v) is 3.18. The Balaban J connectivity index is 2.32. The molecule has 0 radical (unpaired) electrons. The van der Waals surface area contributed by atoms with Crippen molar-refractivity contribution in [3.05, 3.63) is 51.7 Å². The highest BCUT2D eigenvalue weighted by molar-refractivity contribution is 7.10. The highest BCUT2D eigenvalue weighted by atomic mass is 32.1. The van der Waals surface area contributed by atoms with E-state index in [4.69, 9.17) is 5.84 Å². The summed E-state index contributed by atoms with van der Waals surface area (Å²) in [5, 5.41) is 2.02. The highest BCUT2D eigenvalue weighted by Gasteiger charge is 2.14. The van der Waals surface area contributed by atoms with E-state index in [2.05, 4.69) is 10.4 Å². The molecule has 0 aromatic carbocycles. The van der Waals surface area contributed by atoms with Crippen molar-refractivity contribution >= 4 is 11.3 Å². The van der Waals surface area contributed by atoms with E-state index in [1.54, 1.807) is 17.4 Å². The summed E-state index contributed by atoms with van der Waals surface area (Å²) in [4.78, 5) is 5.23. The number of hydrogen-bond donors (Lipinski definition) is 2. The largest absolute Gasteiger partial charge is 0.271 e. The van der Waals surface area contributed by atoms with Gasteiger partial charge in [-0.2, -0.15) is 0 Å². The van der Waals surface area contributed by atoms with Gasteiger partial charge in [0.25, 0.3) is 0 Å². The lowest BCUT2D eigenvalue weighted by atomic mass is 10.1. The number of nitrogens with zero attached hydrogens (tertiary/aromatic N) is 1. The van der Waals surface area contributed by atoms with Gasteiger partial charge in [0.15, 0.2) is 0 Å². The zero-order chi connectivity index (χ0) is 11.5. The fourth-order valence-corrected chi connectivity index (χ4v) is 2.26. The van der Waals surface area contributed by atoms with E-state index < -0.39 is 0 Å². The second-order valence-electron chi connectivity index (χ2n) is 3.49. The molecule has 16 heavy (non-hydrogen) atoms. The van der Waals surface area contributed by atoms with Crippen molar-refractivity contribution in [2.75, 3.05) is 0 Å². The summed E-state index contributed by atoms with van der Waals surface area (Å²) in [7, 11) is 0. The van der Waals surface area contributed by atoms with Crippen molar-refractivity contribution in [1.29, 1.82) is 0 Å². The van der Waals surface area contributed by atoms with Gasteiger partial charge in [0.05, 0.1) is 17.9 Å². The van der Waals surface area contributed by atoms with Crippen molar-refractivity contribution in [3.63, 3.8) is 0 Å². The fourth-order valence-electron chi connectivity index (χ4n) is 1.53. The van der Waals surface area contributed by atoms with Gasteiger partial charge in [0, 0.05) is 4.88 Å². The standard InChI is InChI=1S/C11H12FN3S/c1-7-4-8(6-16-7)11(15-13)10-3-2-9(12)5-14-10/h2-6,11,15H,13H2,1H3. The van der Waals surface area contributed by atoms with Gasteiger partial charge in [0.2, 0.25) is 0 Å². The first-order valence-electron chi connectivity index (χ1n) is 4.83. The Bertz CT molecular complexity index is 466. The number of thiophene rings is 1. The number of nitrogens with one attached hydrogen (secondary N) is 1. The number of hydrazine groups is 1. The first-order valence-corrected chi connectivity index (χ1v) is 5.71. The number of aromatic nitrogens is 1. The molecule has 2 heterocycles. The van der Waals surface area contributed by atoms with Gasteiger partial charge in [-0.05, 0) is 36.1 Å². The lowest BCUT2D eigenvalue weighted by Crippen LogP contribution is -2.29. The third-order valence-electron chi connectivity index (χ3n) is 2.30. The Morgan fingerprint density at radius 1 is 1.50 bits per heavy atom. The Morgan fingerprint density at radius 3 is 2.81 bits per heavy atom. The predicted molar refractivity (Wildman–Crippen MR) is 62.4 cm³/mol. The SMILES string of the molecule is Cc1cc(C(NN)c2ccc(F)cn2)cs1. The van der Waals surface area contributed by atoms with Crippen LogP contribution in [-0.4, -0.2) is 4.98 Å². The normalized spacial score (nSPS) is 12.7. The van der Waals surface area contributed by atoms with Crippen LogP contribution in [0.25, 0.3) is 0 Å². The second kappa shape index (κ2) is 4.69. The average molecular weight is 237 g/mol. The molecule has 1 unspecified atom stereocenters. The van der Waals surface area contributed by atoms with E-state index in [1.807, 2.05) is 18.4 Å². The van der Waals surface area contributed by atoms with Crippen molar-refractivity contribution in [2.45, 2.75) is 13.0 Å². The summed E-state index contributed by atoms with van der Waals surface area (Å²) < 4.78 is 12.7. The van der Waals surface area contributed by atoms with Crippen LogP contribution in [0.4, 0.5) is 4.39 Å². The van der Waals surface area contributed by atoms with Crippen molar-refractivity contribution in [2.24, 2.45) is 5.84 Å². The molecule has 84 valence electrons. The molecule has 0 aliphatic rings.